The summed E-state index contributed by atoms with van der Waals surface area (Å²) in [6.45, 7) is 6.00. The predicted molar refractivity (Wildman–Crippen MR) is 55.4 cm³/mol. The summed E-state index contributed by atoms with van der Waals surface area (Å²) in [7, 11) is 0. The van der Waals surface area contributed by atoms with Crippen molar-refractivity contribution in [3.8, 4) is 0 Å². The molecule has 1 fully saturated rings. The van der Waals surface area contributed by atoms with E-state index in [-0.39, 0.29) is 12.5 Å². The van der Waals surface area contributed by atoms with Crippen molar-refractivity contribution in [3.63, 3.8) is 0 Å². The molecule has 0 radical (unpaired) electrons. The van der Waals surface area contributed by atoms with Crippen LogP contribution < -0.4 is 5.32 Å². The summed E-state index contributed by atoms with van der Waals surface area (Å²) in [5.41, 5.74) is 0. The Labute approximate surface area is 85.3 Å². The molecular formula is C10H20N2O2. The highest BCUT2D eigenvalue weighted by molar-refractivity contribution is 5.67. The molecule has 0 saturated carbocycles. The number of nitrogens with one attached hydrogen (secondary N) is 1. The van der Waals surface area contributed by atoms with E-state index in [9.17, 15) is 4.79 Å². The van der Waals surface area contributed by atoms with Crippen molar-refractivity contribution in [2.24, 2.45) is 0 Å². The molecule has 0 spiro atoms. The molecule has 4 nitrogen and oxygen atoms in total. The van der Waals surface area contributed by atoms with Gasteiger partial charge >= 0.3 is 5.97 Å². The van der Waals surface area contributed by atoms with Gasteiger partial charge in [-0.15, -0.1) is 0 Å². The maximum absolute atomic E-state index is 10.7. The Morgan fingerprint density at radius 3 is 3.07 bits per heavy atom. The highest BCUT2D eigenvalue weighted by Crippen LogP contribution is 2.08. The van der Waals surface area contributed by atoms with Crippen LogP contribution in [-0.4, -0.2) is 48.2 Å². The van der Waals surface area contributed by atoms with Crippen molar-refractivity contribution in [2.45, 2.75) is 32.2 Å². The standard InChI is InChI=1S/C10H20N2O2/c1-2-5-12-6-3-4-11-8-9(12)7-10(13)14/h9,11H,2-8H2,1H3,(H,13,14). The number of carboxylic acids is 1. The zero-order valence-corrected chi connectivity index (χ0v) is 8.83. The SMILES string of the molecule is CCCN1CCCNCC1CC(=O)O. The molecule has 82 valence electrons. The van der Waals surface area contributed by atoms with E-state index in [4.69, 9.17) is 5.11 Å². The van der Waals surface area contributed by atoms with Crippen LogP contribution in [-0.2, 0) is 4.79 Å². The number of hydrogen-bond donors (Lipinski definition) is 2. The number of carboxylic acid groups (broad SMARTS) is 1. The highest BCUT2D eigenvalue weighted by atomic mass is 16.4. The zero-order valence-electron chi connectivity index (χ0n) is 8.83. The van der Waals surface area contributed by atoms with Crippen LogP contribution in [0.25, 0.3) is 0 Å². The lowest BCUT2D eigenvalue weighted by molar-refractivity contribution is -0.138. The van der Waals surface area contributed by atoms with Gasteiger partial charge in [0.05, 0.1) is 6.42 Å². The van der Waals surface area contributed by atoms with Gasteiger partial charge in [0, 0.05) is 12.6 Å². The molecule has 1 atom stereocenters. The second-order valence-electron chi connectivity index (χ2n) is 3.85. The van der Waals surface area contributed by atoms with Crippen molar-refractivity contribution in [1.29, 1.82) is 0 Å². The highest BCUT2D eigenvalue weighted by Gasteiger charge is 2.22. The largest absolute Gasteiger partial charge is 0.481 e. The van der Waals surface area contributed by atoms with Gasteiger partial charge in [-0.05, 0) is 32.5 Å². The number of hydrogen-bond acceptors (Lipinski definition) is 3. The van der Waals surface area contributed by atoms with Crippen molar-refractivity contribution in [3.05, 3.63) is 0 Å². The van der Waals surface area contributed by atoms with Crippen molar-refractivity contribution < 1.29 is 9.90 Å². The van der Waals surface area contributed by atoms with Crippen LogP contribution in [0.4, 0.5) is 0 Å². The van der Waals surface area contributed by atoms with E-state index >= 15 is 0 Å². The Bertz CT molecular complexity index is 185. The van der Waals surface area contributed by atoms with Crippen LogP contribution >= 0.6 is 0 Å². The van der Waals surface area contributed by atoms with Gasteiger partial charge in [-0.3, -0.25) is 9.69 Å². The third kappa shape index (κ3) is 3.64. The van der Waals surface area contributed by atoms with Crippen LogP contribution in [0.15, 0.2) is 0 Å². The monoisotopic (exact) mass is 200 g/mol. The topological polar surface area (TPSA) is 52.6 Å². The van der Waals surface area contributed by atoms with E-state index in [2.05, 4.69) is 17.1 Å². The molecule has 0 aromatic rings. The molecule has 0 amide bonds. The van der Waals surface area contributed by atoms with E-state index in [1.165, 1.54) is 0 Å². The maximum Gasteiger partial charge on any atom is 0.304 e. The first-order valence-corrected chi connectivity index (χ1v) is 5.40. The molecule has 1 aliphatic rings. The summed E-state index contributed by atoms with van der Waals surface area (Å²) < 4.78 is 0. The maximum atomic E-state index is 10.7. The van der Waals surface area contributed by atoms with Crippen molar-refractivity contribution in [2.75, 3.05) is 26.2 Å². The van der Waals surface area contributed by atoms with Crippen LogP contribution in [0, 0.1) is 0 Å². The first-order valence-electron chi connectivity index (χ1n) is 5.40. The van der Waals surface area contributed by atoms with Crippen LogP contribution in [0.5, 0.6) is 0 Å². The summed E-state index contributed by atoms with van der Waals surface area (Å²) in [4.78, 5) is 13.0. The van der Waals surface area contributed by atoms with Gasteiger partial charge in [-0.25, -0.2) is 0 Å². The van der Waals surface area contributed by atoms with E-state index in [0.717, 1.165) is 39.0 Å². The lowest BCUT2D eigenvalue weighted by Gasteiger charge is -2.27. The van der Waals surface area contributed by atoms with Crippen LogP contribution in [0.1, 0.15) is 26.2 Å². The Morgan fingerprint density at radius 2 is 2.43 bits per heavy atom. The summed E-state index contributed by atoms with van der Waals surface area (Å²) in [6.07, 6.45) is 2.47. The molecule has 4 heteroatoms. The summed E-state index contributed by atoms with van der Waals surface area (Å²) in [6, 6.07) is 0.176. The van der Waals surface area contributed by atoms with Crippen LogP contribution in [0.2, 0.25) is 0 Å². The Balaban J connectivity index is 2.49. The molecule has 0 aromatic heterocycles. The van der Waals surface area contributed by atoms with Crippen molar-refractivity contribution in [1.82, 2.24) is 10.2 Å². The molecule has 1 saturated heterocycles. The second-order valence-corrected chi connectivity index (χ2v) is 3.85. The second kappa shape index (κ2) is 5.98. The fourth-order valence-electron chi connectivity index (χ4n) is 1.97. The zero-order chi connectivity index (χ0) is 10.4. The Morgan fingerprint density at radius 1 is 1.64 bits per heavy atom. The molecule has 14 heavy (non-hydrogen) atoms. The minimum Gasteiger partial charge on any atom is -0.481 e. The van der Waals surface area contributed by atoms with Gasteiger partial charge in [0.1, 0.15) is 0 Å². The molecule has 0 aliphatic carbocycles. The first-order chi connectivity index (χ1) is 6.74. The number of carbonyl (C=O) groups is 1. The molecule has 1 rings (SSSR count). The lowest BCUT2D eigenvalue weighted by atomic mass is 10.1. The third-order valence-electron chi connectivity index (χ3n) is 2.62. The Kier molecular flexibility index (Phi) is 4.90. The van der Waals surface area contributed by atoms with Gasteiger partial charge in [-0.2, -0.15) is 0 Å². The minimum atomic E-state index is -0.695. The molecule has 0 bridgehead atoms. The van der Waals surface area contributed by atoms with Gasteiger partial charge in [0.2, 0.25) is 0 Å². The number of nitrogens with zero attached hydrogens (tertiary/aromatic N) is 1. The fraction of sp³-hybridized carbons (Fsp3) is 0.900. The fourth-order valence-corrected chi connectivity index (χ4v) is 1.97. The lowest BCUT2D eigenvalue weighted by Crippen LogP contribution is -2.41. The molecule has 1 unspecified atom stereocenters. The van der Waals surface area contributed by atoms with Gasteiger partial charge in [0.25, 0.3) is 0 Å². The number of rotatable bonds is 4. The average molecular weight is 200 g/mol. The Hall–Kier alpha value is -0.610. The molecule has 2 N–H and O–H groups in total. The molecule has 1 heterocycles. The normalized spacial score (nSPS) is 24.5. The van der Waals surface area contributed by atoms with Gasteiger partial charge in [-0.1, -0.05) is 6.92 Å². The summed E-state index contributed by atoms with van der Waals surface area (Å²) in [5.74, 6) is -0.695. The van der Waals surface area contributed by atoms with Gasteiger partial charge < -0.3 is 10.4 Å². The van der Waals surface area contributed by atoms with Crippen LogP contribution in [0.3, 0.4) is 0 Å². The minimum absolute atomic E-state index is 0.176. The summed E-state index contributed by atoms with van der Waals surface area (Å²) >= 11 is 0. The predicted octanol–water partition coefficient (Wildman–Crippen LogP) is 0.535. The molecule has 1 aliphatic heterocycles. The quantitative estimate of drug-likeness (QED) is 0.695. The molecular weight excluding hydrogens is 180 g/mol. The third-order valence-corrected chi connectivity index (χ3v) is 2.62. The van der Waals surface area contributed by atoms with E-state index in [1.54, 1.807) is 0 Å². The average Bonchev–Trinajstić information content (AvgIpc) is 2.32. The first kappa shape index (κ1) is 11.5. The molecule has 0 aromatic carbocycles. The summed E-state index contributed by atoms with van der Waals surface area (Å²) in [5, 5.41) is 12.1. The van der Waals surface area contributed by atoms with Gasteiger partial charge in [0.15, 0.2) is 0 Å². The smallest absolute Gasteiger partial charge is 0.304 e. The number of aliphatic carboxylic acids is 1. The van der Waals surface area contributed by atoms with E-state index < -0.39 is 5.97 Å². The van der Waals surface area contributed by atoms with E-state index in [0.29, 0.717) is 0 Å². The van der Waals surface area contributed by atoms with Crippen molar-refractivity contribution >= 4 is 5.97 Å². The van der Waals surface area contributed by atoms with E-state index in [1.807, 2.05) is 0 Å².